The summed E-state index contributed by atoms with van der Waals surface area (Å²) in [7, 11) is 0. The lowest BCUT2D eigenvalue weighted by Crippen LogP contribution is -2.22. The number of benzene rings is 1. The van der Waals surface area contributed by atoms with Crippen molar-refractivity contribution in [1.82, 2.24) is 15.2 Å². The van der Waals surface area contributed by atoms with Crippen LogP contribution in [0, 0.1) is 6.92 Å². The van der Waals surface area contributed by atoms with Crippen LogP contribution in [0.5, 0.6) is 5.75 Å². The third kappa shape index (κ3) is 4.03. The summed E-state index contributed by atoms with van der Waals surface area (Å²) < 4.78 is 7.26. The Bertz CT molecular complexity index is 861. The smallest absolute Gasteiger partial charge is 0.239 e. The van der Waals surface area contributed by atoms with Gasteiger partial charge < -0.3 is 10.1 Å². The zero-order valence-corrected chi connectivity index (χ0v) is 15.8. The van der Waals surface area contributed by atoms with Crippen LogP contribution in [0.3, 0.4) is 0 Å². The summed E-state index contributed by atoms with van der Waals surface area (Å²) in [5.41, 5.74) is 0.846. The molecule has 24 heavy (non-hydrogen) atoms. The van der Waals surface area contributed by atoms with Gasteiger partial charge in [0.2, 0.25) is 5.91 Å². The molecule has 0 aliphatic carbocycles. The highest BCUT2D eigenvalue weighted by atomic mass is 32.2. The third-order valence-corrected chi connectivity index (χ3v) is 6.01. The van der Waals surface area contributed by atoms with E-state index in [1.165, 1.54) is 34.4 Å². The predicted octanol–water partition coefficient (Wildman–Crippen LogP) is 3.97. The van der Waals surface area contributed by atoms with E-state index in [4.69, 9.17) is 4.74 Å². The van der Waals surface area contributed by atoms with Crippen molar-refractivity contribution < 1.29 is 9.53 Å². The molecule has 6 nitrogen and oxygen atoms in total. The lowest BCUT2D eigenvalue weighted by molar-refractivity contribution is -0.115. The van der Waals surface area contributed by atoms with Crippen LogP contribution in [0.4, 0.5) is 5.13 Å². The van der Waals surface area contributed by atoms with Gasteiger partial charge >= 0.3 is 0 Å². The average Bonchev–Trinajstić information content (AvgIpc) is 3.12. The molecule has 0 bridgehead atoms. The molecule has 3 rings (SSSR count). The molecule has 0 saturated carbocycles. The molecule has 0 aliphatic heterocycles. The second kappa shape index (κ2) is 7.45. The predicted molar refractivity (Wildman–Crippen MR) is 99.4 cm³/mol. The van der Waals surface area contributed by atoms with Crippen molar-refractivity contribution in [1.29, 1.82) is 0 Å². The number of anilines is 1. The monoisotopic (exact) mass is 380 g/mol. The maximum Gasteiger partial charge on any atom is 0.239 e. The summed E-state index contributed by atoms with van der Waals surface area (Å²) in [6, 6.07) is 5.72. The van der Waals surface area contributed by atoms with Crippen LogP contribution in [0.15, 0.2) is 22.5 Å². The molecule has 1 atom stereocenters. The van der Waals surface area contributed by atoms with Crippen molar-refractivity contribution in [3.63, 3.8) is 0 Å². The lowest BCUT2D eigenvalue weighted by atomic mass is 10.3. The summed E-state index contributed by atoms with van der Waals surface area (Å²) in [6.45, 7) is 6.30. The highest BCUT2D eigenvalue weighted by Gasteiger charge is 2.18. The fraction of sp³-hybridized carbons (Fsp3) is 0.333. The van der Waals surface area contributed by atoms with E-state index in [0.717, 1.165) is 25.3 Å². The van der Waals surface area contributed by atoms with Gasteiger partial charge in [0.15, 0.2) is 9.47 Å². The molecule has 126 valence electrons. The van der Waals surface area contributed by atoms with Gasteiger partial charge in [-0.1, -0.05) is 34.4 Å². The quantitative estimate of drug-likeness (QED) is 0.652. The Hall–Kier alpha value is -1.71. The zero-order chi connectivity index (χ0) is 17.1. The number of nitrogens with one attached hydrogen (secondary N) is 1. The maximum atomic E-state index is 12.3. The van der Waals surface area contributed by atoms with Gasteiger partial charge in [-0.25, -0.2) is 4.98 Å². The van der Waals surface area contributed by atoms with Gasteiger partial charge in [0.1, 0.15) is 10.8 Å². The normalized spacial score (nSPS) is 12.3. The number of fused-ring (bicyclic) bond motifs is 1. The van der Waals surface area contributed by atoms with Crippen molar-refractivity contribution in [2.75, 3.05) is 11.9 Å². The van der Waals surface area contributed by atoms with Gasteiger partial charge in [0, 0.05) is 0 Å². The van der Waals surface area contributed by atoms with E-state index >= 15 is 0 Å². The first-order valence-electron chi connectivity index (χ1n) is 7.36. The fourth-order valence-corrected chi connectivity index (χ4v) is 4.81. The average molecular weight is 381 g/mol. The highest BCUT2D eigenvalue weighted by molar-refractivity contribution is 8.02. The van der Waals surface area contributed by atoms with E-state index in [9.17, 15) is 4.79 Å². The van der Waals surface area contributed by atoms with Gasteiger partial charge in [0.05, 0.1) is 22.1 Å². The van der Waals surface area contributed by atoms with Gasteiger partial charge in [0.25, 0.3) is 0 Å². The molecule has 0 fully saturated rings. The molecule has 1 amide bonds. The number of aromatic nitrogens is 3. The van der Waals surface area contributed by atoms with E-state index in [-0.39, 0.29) is 11.2 Å². The Kier molecular flexibility index (Phi) is 5.32. The molecule has 1 unspecified atom stereocenters. The Morgan fingerprint density at radius 1 is 1.38 bits per heavy atom. The first kappa shape index (κ1) is 17.1. The summed E-state index contributed by atoms with van der Waals surface area (Å²) in [6.07, 6.45) is 0. The van der Waals surface area contributed by atoms with E-state index < -0.39 is 0 Å². The van der Waals surface area contributed by atoms with Crippen LogP contribution in [0.2, 0.25) is 0 Å². The second-order valence-corrected chi connectivity index (χ2v) is 8.72. The van der Waals surface area contributed by atoms with Crippen LogP contribution in [0.25, 0.3) is 10.2 Å². The number of nitrogens with zero attached hydrogens (tertiary/aromatic N) is 3. The number of thiazole rings is 1. The maximum absolute atomic E-state index is 12.3. The number of ether oxygens (including phenoxy) is 1. The molecule has 1 aromatic carbocycles. The largest absolute Gasteiger partial charge is 0.494 e. The van der Waals surface area contributed by atoms with E-state index in [1.54, 1.807) is 0 Å². The first-order chi connectivity index (χ1) is 11.5. The van der Waals surface area contributed by atoms with E-state index in [1.807, 2.05) is 39.0 Å². The molecule has 2 heterocycles. The molecule has 0 saturated heterocycles. The number of aryl methyl sites for hydroxylation is 1. The van der Waals surface area contributed by atoms with Gasteiger partial charge in [-0.3, -0.25) is 4.79 Å². The Balaban J connectivity index is 1.68. The van der Waals surface area contributed by atoms with E-state index in [0.29, 0.717) is 11.7 Å². The van der Waals surface area contributed by atoms with E-state index in [2.05, 4.69) is 20.5 Å². The number of hydrogen-bond donors (Lipinski definition) is 1. The number of carbonyl (C=O) groups is 1. The Morgan fingerprint density at radius 2 is 2.21 bits per heavy atom. The lowest BCUT2D eigenvalue weighted by Gasteiger charge is -2.07. The molecule has 0 spiro atoms. The number of rotatable bonds is 6. The highest BCUT2D eigenvalue weighted by Crippen LogP contribution is 2.31. The van der Waals surface area contributed by atoms with Crippen molar-refractivity contribution in [3.8, 4) is 5.75 Å². The zero-order valence-electron chi connectivity index (χ0n) is 13.4. The van der Waals surface area contributed by atoms with Crippen molar-refractivity contribution in [2.24, 2.45) is 0 Å². The summed E-state index contributed by atoms with van der Waals surface area (Å²) in [5, 5.41) is 12.1. The molecule has 0 aliphatic rings. The minimum Gasteiger partial charge on any atom is -0.494 e. The topological polar surface area (TPSA) is 77.0 Å². The standard InChI is InChI=1S/C15H16N4O2S3/c1-4-21-10-5-6-11-12(7-10)24-14(16-11)17-13(20)8(2)22-15-19-18-9(3)23-15/h5-8H,4H2,1-3H3,(H,16,17,20). The van der Waals surface area contributed by atoms with Gasteiger partial charge in [-0.15, -0.1) is 10.2 Å². The summed E-state index contributed by atoms with van der Waals surface area (Å²) in [4.78, 5) is 16.8. The molecule has 1 N–H and O–H groups in total. The van der Waals surface area contributed by atoms with Crippen LogP contribution in [-0.2, 0) is 4.79 Å². The second-order valence-electron chi connectivity index (χ2n) is 4.92. The van der Waals surface area contributed by atoms with Crippen molar-refractivity contribution in [2.45, 2.75) is 30.4 Å². The summed E-state index contributed by atoms with van der Waals surface area (Å²) >= 11 is 4.32. The summed E-state index contributed by atoms with van der Waals surface area (Å²) in [5.74, 6) is 0.707. The third-order valence-electron chi connectivity index (χ3n) is 3.06. The minimum absolute atomic E-state index is 0.100. The van der Waals surface area contributed by atoms with Crippen LogP contribution in [0.1, 0.15) is 18.9 Å². The molecule has 0 radical (unpaired) electrons. The molecule has 9 heteroatoms. The number of amides is 1. The van der Waals surface area contributed by atoms with Crippen LogP contribution >= 0.6 is 34.4 Å². The Morgan fingerprint density at radius 3 is 2.92 bits per heavy atom. The first-order valence-corrected chi connectivity index (χ1v) is 9.87. The SMILES string of the molecule is CCOc1ccc2nc(NC(=O)C(C)Sc3nnc(C)s3)sc2c1. The van der Waals surface area contributed by atoms with Crippen molar-refractivity contribution in [3.05, 3.63) is 23.2 Å². The molecular formula is C15H16N4O2S3. The number of thioether (sulfide) groups is 1. The molecule has 3 aromatic rings. The molecule has 2 aromatic heterocycles. The van der Waals surface area contributed by atoms with Crippen LogP contribution < -0.4 is 10.1 Å². The van der Waals surface area contributed by atoms with Gasteiger partial charge in [-0.2, -0.15) is 0 Å². The van der Waals surface area contributed by atoms with Crippen molar-refractivity contribution >= 4 is 55.7 Å². The number of carbonyl (C=O) groups excluding carboxylic acids is 1. The fourth-order valence-electron chi connectivity index (χ4n) is 1.95. The molecular weight excluding hydrogens is 364 g/mol. The Labute approximate surface area is 151 Å². The van der Waals surface area contributed by atoms with Crippen LogP contribution in [-0.4, -0.2) is 32.9 Å². The number of hydrogen-bond acceptors (Lipinski definition) is 8. The van der Waals surface area contributed by atoms with Gasteiger partial charge in [-0.05, 0) is 39.0 Å². The minimum atomic E-state index is -0.275.